The first kappa shape index (κ1) is 16.5. The van der Waals surface area contributed by atoms with Crippen LogP contribution in [0.1, 0.15) is 23.3 Å². The number of H-pyrrole nitrogens is 1. The Morgan fingerprint density at radius 3 is 2.91 bits per heavy atom. The molecule has 3 rings (SSSR count). The van der Waals surface area contributed by atoms with Crippen LogP contribution in [0, 0.1) is 5.92 Å². The molecule has 1 aliphatic rings. The van der Waals surface area contributed by atoms with Gasteiger partial charge in [-0.05, 0) is 49.4 Å². The summed E-state index contributed by atoms with van der Waals surface area (Å²) in [5.41, 5.74) is 0.0986. The van der Waals surface area contributed by atoms with Crippen LogP contribution in [0.3, 0.4) is 0 Å². The number of carbonyl (C=O) groups is 1. The molecule has 22 heavy (non-hydrogen) atoms. The first-order chi connectivity index (χ1) is 10.2. The summed E-state index contributed by atoms with van der Waals surface area (Å²) in [5.74, 6) is 0.421. The van der Waals surface area contributed by atoms with E-state index in [-0.39, 0.29) is 23.9 Å². The lowest BCUT2D eigenvalue weighted by atomic mass is 10.1. The highest BCUT2D eigenvalue weighted by atomic mass is 35.5. The number of pyridine rings is 1. The standard InChI is InChI=1S/C16H19N3O2.ClH/c20-15-13-4-2-1-3-12(13)9-14(19-15)16(21)18-8-6-11-5-7-17-10-11;/h1-4,9,11,17H,5-8,10H2,(H,18,21)(H,19,20);1H. The number of aromatic amines is 1. The van der Waals surface area contributed by atoms with Crippen LogP contribution in [0.4, 0.5) is 0 Å². The van der Waals surface area contributed by atoms with Crippen molar-refractivity contribution in [3.8, 4) is 0 Å². The van der Waals surface area contributed by atoms with Crippen molar-refractivity contribution in [3.05, 3.63) is 46.4 Å². The van der Waals surface area contributed by atoms with Crippen LogP contribution in [0.2, 0.25) is 0 Å². The molecule has 5 nitrogen and oxygen atoms in total. The molecular weight excluding hydrogens is 302 g/mol. The minimum absolute atomic E-state index is 0. The van der Waals surface area contributed by atoms with Crippen LogP contribution >= 0.6 is 12.4 Å². The molecule has 1 aromatic carbocycles. The second kappa shape index (κ2) is 7.42. The maximum Gasteiger partial charge on any atom is 0.267 e. The molecule has 2 aromatic rings. The molecule has 1 unspecified atom stereocenters. The fraction of sp³-hybridized carbons (Fsp3) is 0.375. The number of hydrogen-bond donors (Lipinski definition) is 3. The average Bonchev–Trinajstić information content (AvgIpc) is 3.00. The minimum Gasteiger partial charge on any atom is -0.351 e. The predicted molar refractivity (Wildman–Crippen MR) is 89.7 cm³/mol. The van der Waals surface area contributed by atoms with Gasteiger partial charge in [0.2, 0.25) is 0 Å². The van der Waals surface area contributed by atoms with E-state index in [1.54, 1.807) is 12.1 Å². The Balaban J connectivity index is 0.00000176. The van der Waals surface area contributed by atoms with Crippen molar-refractivity contribution >= 4 is 29.1 Å². The Morgan fingerprint density at radius 2 is 2.14 bits per heavy atom. The number of hydrogen-bond acceptors (Lipinski definition) is 3. The smallest absolute Gasteiger partial charge is 0.267 e. The van der Waals surface area contributed by atoms with Crippen LogP contribution in [0.15, 0.2) is 35.1 Å². The van der Waals surface area contributed by atoms with Crippen LogP contribution in [-0.4, -0.2) is 30.5 Å². The summed E-state index contributed by atoms with van der Waals surface area (Å²) in [7, 11) is 0. The Hall–Kier alpha value is -1.85. The third kappa shape index (κ3) is 3.67. The first-order valence-electron chi connectivity index (χ1n) is 7.35. The molecule has 0 bridgehead atoms. The summed E-state index contributed by atoms with van der Waals surface area (Å²) < 4.78 is 0. The minimum atomic E-state index is -0.224. The SMILES string of the molecule is Cl.O=C(NCCC1CCNC1)c1cc2ccccc2c(=O)[nH]1. The quantitative estimate of drug-likeness (QED) is 0.802. The average molecular weight is 322 g/mol. The van der Waals surface area contributed by atoms with Gasteiger partial charge in [0.1, 0.15) is 5.69 Å². The summed E-state index contributed by atoms with van der Waals surface area (Å²) >= 11 is 0. The predicted octanol–water partition coefficient (Wildman–Crippen LogP) is 1.68. The number of nitrogens with one attached hydrogen (secondary N) is 3. The van der Waals surface area contributed by atoms with Crippen molar-refractivity contribution in [2.45, 2.75) is 12.8 Å². The van der Waals surface area contributed by atoms with E-state index in [0.29, 0.717) is 23.5 Å². The number of amides is 1. The van der Waals surface area contributed by atoms with E-state index < -0.39 is 0 Å². The molecule has 1 saturated heterocycles. The van der Waals surface area contributed by atoms with Crippen molar-refractivity contribution in [1.82, 2.24) is 15.6 Å². The fourth-order valence-electron chi connectivity index (χ4n) is 2.78. The molecule has 1 aliphatic heterocycles. The number of fused-ring (bicyclic) bond motifs is 1. The maximum atomic E-state index is 12.1. The second-order valence-electron chi connectivity index (χ2n) is 5.50. The molecule has 3 N–H and O–H groups in total. The largest absolute Gasteiger partial charge is 0.351 e. The third-order valence-corrected chi connectivity index (χ3v) is 4.00. The summed E-state index contributed by atoms with van der Waals surface area (Å²) in [6.45, 7) is 2.74. The highest BCUT2D eigenvalue weighted by Gasteiger charge is 2.15. The number of rotatable bonds is 4. The van der Waals surface area contributed by atoms with E-state index >= 15 is 0 Å². The topological polar surface area (TPSA) is 74.0 Å². The van der Waals surface area contributed by atoms with Gasteiger partial charge in [-0.25, -0.2) is 0 Å². The van der Waals surface area contributed by atoms with Gasteiger partial charge in [-0.1, -0.05) is 18.2 Å². The van der Waals surface area contributed by atoms with Gasteiger partial charge in [-0.2, -0.15) is 0 Å². The van der Waals surface area contributed by atoms with Crippen LogP contribution in [-0.2, 0) is 0 Å². The van der Waals surface area contributed by atoms with Crippen LogP contribution < -0.4 is 16.2 Å². The number of halogens is 1. The van der Waals surface area contributed by atoms with Gasteiger partial charge in [-0.3, -0.25) is 9.59 Å². The molecule has 0 radical (unpaired) electrons. The van der Waals surface area contributed by atoms with Gasteiger partial charge >= 0.3 is 0 Å². The van der Waals surface area contributed by atoms with Crippen molar-refractivity contribution in [2.24, 2.45) is 5.92 Å². The van der Waals surface area contributed by atoms with Crippen molar-refractivity contribution in [2.75, 3.05) is 19.6 Å². The molecule has 0 saturated carbocycles. The third-order valence-electron chi connectivity index (χ3n) is 4.00. The van der Waals surface area contributed by atoms with Gasteiger partial charge in [0.15, 0.2) is 0 Å². The molecule has 1 amide bonds. The lowest BCUT2D eigenvalue weighted by molar-refractivity contribution is 0.0946. The zero-order valence-corrected chi connectivity index (χ0v) is 13.0. The van der Waals surface area contributed by atoms with E-state index in [0.717, 1.165) is 24.9 Å². The van der Waals surface area contributed by atoms with Crippen LogP contribution in [0.25, 0.3) is 10.8 Å². The number of benzene rings is 1. The highest BCUT2D eigenvalue weighted by molar-refractivity contribution is 5.96. The molecule has 0 aliphatic carbocycles. The van der Waals surface area contributed by atoms with Gasteiger partial charge in [0.25, 0.3) is 11.5 Å². The van der Waals surface area contributed by atoms with Gasteiger partial charge in [0, 0.05) is 11.9 Å². The zero-order chi connectivity index (χ0) is 14.7. The Labute approximate surface area is 134 Å². The van der Waals surface area contributed by atoms with E-state index in [4.69, 9.17) is 0 Å². The van der Waals surface area contributed by atoms with Crippen LogP contribution in [0.5, 0.6) is 0 Å². The summed E-state index contributed by atoms with van der Waals surface area (Å²) in [5, 5.41) is 7.58. The van der Waals surface area contributed by atoms with Crippen molar-refractivity contribution in [1.29, 1.82) is 0 Å². The number of carbonyl (C=O) groups excluding carboxylic acids is 1. The van der Waals surface area contributed by atoms with Crippen molar-refractivity contribution < 1.29 is 4.79 Å². The number of aromatic nitrogens is 1. The Kier molecular flexibility index (Phi) is 5.57. The lowest BCUT2D eigenvalue weighted by Crippen LogP contribution is -2.28. The molecule has 1 fully saturated rings. The van der Waals surface area contributed by atoms with E-state index in [1.165, 1.54) is 6.42 Å². The summed E-state index contributed by atoms with van der Waals surface area (Å²) in [6, 6.07) is 8.99. The monoisotopic (exact) mass is 321 g/mol. The molecule has 2 heterocycles. The second-order valence-corrected chi connectivity index (χ2v) is 5.50. The zero-order valence-electron chi connectivity index (χ0n) is 12.2. The van der Waals surface area contributed by atoms with E-state index in [9.17, 15) is 9.59 Å². The Bertz CT molecular complexity index is 708. The highest BCUT2D eigenvalue weighted by Crippen LogP contribution is 2.12. The molecular formula is C16H20ClN3O2. The normalized spacial score (nSPS) is 17.2. The van der Waals surface area contributed by atoms with Gasteiger partial charge in [-0.15, -0.1) is 12.4 Å². The molecule has 0 spiro atoms. The molecule has 6 heteroatoms. The first-order valence-corrected chi connectivity index (χ1v) is 7.35. The fourth-order valence-corrected chi connectivity index (χ4v) is 2.78. The summed E-state index contributed by atoms with van der Waals surface area (Å²) in [6.07, 6.45) is 2.14. The molecule has 1 atom stereocenters. The van der Waals surface area contributed by atoms with E-state index in [2.05, 4.69) is 15.6 Å². The molecule has 118 valence electrons. The van der Waals surface area contributed by atoms with Crippen molar-refractivity contribution in [3.63, 3.8) is 0 Å². The van der Waals surface area contributed by atoms with E-state index in [1.807, 2.05) is 18.2 Å². The van der Waals surface area contributed by atoms with Gasteiger partial charge in [0.05, 0.1) is 0 Å². The summed E-state index contributed by atoms with van der Waals surface area (Å²) in [4.78, 5) is 26.7. The Morgan fingerprint density at radius 1 is 1.32 bits per heavy atom. The molecule has 1 aromatic heterocycles. The lowest BCUT2D eigenvalue weighted by Gasteiger charge is -2.09. The maximum absolute atomic E-state index is 12.1. The van der Waals surface area contributed by atoms with Gasteiger partial charge < -0.3 is 15.6 Å².